The minimum Gasteiger partial charge on any atom is -0.508 e. The number of pyridine rings is 1. The Labute approximate surface area is 163 Å². The van der Waals surface area contributed by atoms with Crippen LogP contribution in [0.1, 0.15) is 26.6 Å². The molecule has 0 bridgehead atoms. The number of rotatable bonds is 7. The van der Waals surface area contributed by atoms with Gasteiger partial charge < -0.3 is 20.1 Å². The van der Waals surface area contributed by atoms with Gasteiger partial charge in [-0.05, 0) is 32.9 Å². The van der Waals surface area contributed by atoms with E-state index >= 15 is 0 Å². The van der Waals surface area contributed by atoms with Crippen LogP contribution in [0.25, 0.3) is 21.9 Å². The third kappa shape index (κ3) is 4.18. The van der Waals surface area contributed by atoms with E-state index < -0.39 is 15.6 Å². The van der Waals surface area contributed by atoms with Gasteiger partial charge in [-0.3, -0.25) is 0 Å². The molecule has 0 amide bonds. The monoisotopic (exact) mass is 407 g/mol. The highest BCUT2D eigenvalue weighted by molar-refractivity contribution is 7.88. The molecular formula is C18H25N5O4S. The maximum atomic E-state index is 11.8. The molecule has 0 saturated carbocycles. The first-order valence-electron chi connectivity index (χ1n) is 8.85. The number of nitrogens with one attached hydrogen (secondary N) is 1. The van der Waals surface area contributed by atoms with Crippen LogP contribution in [0.15, 0.2) is 18.2 Å². The van der Waals surface area contributed by atoms with Crippen molar-refractivity contribution in [1.29, 1.82) is 0 Å². The molecule has 0 spiro atoms. The second kappa shape index (κ2) is 7.19. The Balaban J connectivity index is 2.26. The van der Waals surface area contributed by atoms with Crippen molar-refractivity contribution in [2.24, 2.45) is 0 Å². The Bertz CT molecular complexity index is 1140. The summed E-state index contributed by atoms with van der Waals surface area (Å²) in [5.41, 5.74) is 7.11. The van der Waals surface area contributed by atoms with Gasteiger partial charge in [0.25, 0.3) is 0 Å². The largest absolute Gasteiger partial charge is 0.508 e. The van der Waals surface area contributed by atoms with E-state index in [1.54, 1.807) is 26.0 Å². The van der Waals surface area contributed by atoms with E-state index in [2.05, 4.69) is 14.7 Å². The maximum Gasteiger partial charge on any atom is 0.209 e. The molecule has 0 aliphatic heterocycles. The molecule has 0 atom stereocenters. The highest BCUT2D eigenvalue weighted by Gasteiger charge is 2.27. The third-order valence-electron chi connectivity index (χ3n) is 4.22. The Hall–Kier alpha value is -2.43. The van der Waals surface area contributed by atoms with Crippen molar-refractivity contribution in [3.8, 4) is 5.75 Å². The quantitative estimate of drug-likeness (QED) is 0.543. The van der Waals surface area contributed by atoms with E-state index in [1.807, 2.05) is 11.5 Å². The van der Waals surface area contributed by atoms with Gasteiger partial charge in [0.05, 0.1) is 17.3 Å². The summed E-state index contributed by atoms with van der Waals surface area (Å²) >= 11 is 0. The maximum absolute atomic E-state index is 11.8. The summed E-state index contributed by atoms with van der Waals surface area (Å²) in [6.07, 6.45) is 1.13. The normalized spacial score (nSPS) is 12.9. The Morgan fingerprint density at radius 3 is 2.68 bits per heavy atom. The minimum absolute atomic E-state index is 0.0819. The zero-order valence-electron chi connectivity index (χ0n) is 16.4. The van der Waals surface area contributed by atoms with Crippen LogP contribution in [0.4, 0.5) is 5.82 Å². The number of phenolic OH excluding ortho intramolecular Hbond substituents is 1. The smallest absolute Gasteiger partial charge is 0.209 e. The molecule has 0 fully saturated rings. The zero-order chi connectivity index (χ0) is 20.7. The molecule has 3 rings (SSSR count). The summed E-state index contributed by atoms with van der Waals surface area (Å²) in [4.78, 5) is 8.96. The van der Waals surface area contributed by atoms with Gasteiger partial charge in [0, 0.05) is 30.1 Å². The highest BCUT2D eigenvalue weighted by atomic mass is 32.2. The minimum atomic E-state index is -3.41. The van der Waals surface area contributed by atoms with Crippen LogP contribution in [-0.4, -0.2) is 46.5 Å². The fourth-order valence-corrected chi connectivity index (χ4v) is 4.42. The van der Waals surface area contributed by atoms with Gasteiger partial charge in [-0.1, -0.05) is 0 Å². The number of aromatic hydroxyl groups is 1. The van der Waals surface area contributed by atoms with E-state index in [0.717, 1.165) is 17.2 Å². The summed E-state index contributed by atoms with van der Waals surface area (Å²) < 4.78 is 33.7. The van der Waals surface area contributed by atoms with Crippen LogP contribution in [0.3, 0.4) is 0 Å². The number of hydrogen-bond donors (Lipinski definition) is 3. The average molecular weight is 407 g/mol. The second-order valence-corrected chi connectivity index (χ2v) is 9.15. The summed E-state index contributed by atoms with van der Waals surface area (Å²) in [5.74, 6) is 0.936. The Kier molecular flexibility index (Phi) is 5.22. The van der Waals surface area contributed by atoms with E-state index in [0.29, 0.717) is 30.0 Å². The number of phenols is 1. The van der Waals surface area contributed by atoms with Crippen LogP contribution in [-0.2, 0) is 27.9 Å². The first-order valence-corrected chi connectivity index (χ1v) is 10.7. The van der Waals surface area contributed by atoms with Crippen LogP contribution < -0.4 is 10.5 Å². The molecule has 0 saturated heterocycles. The Morgan fingerprint density at radius 1 is 1.32 bits per heavy atom. The number of ether oxygens (including phenoxy) is 1. The fraction of sp³-hybridized carbons (Fsp3) is 0.444. The summed E-state index contributed by atoms with van der Waals surface area (Å²) in [7, 11) is -3.41. The van der Waals surface area contributed by atoms with Crippen molar-refractivity contribution in [2.75, 3.05) is 18.6 Å². The summed E-state index contributed by atoms with van der Waals surface area (Å²) in [6.45, 7) is 6.54. The molecule has 4 N–H and O–H groups in total. The molecule has 10 heteroatoms. The fourth-order valence-electron chi connectivity index (χ4n) is 3.35. The number of nitrogen functional groups attached to an aromatic ring is 1. The number of nitrogens with two attached hydrogens (primary N) is 1. The molecule has 2 aromatic heterocycles. The lowest BCUT2D eigenvalue weighted by atomic mass is 10.1. The lowest BCUT2D eigenvalue weighted by Gasteiger charge is -2.27. The molecule has 28 heavy (non-hydrogen) atoms. The van der Waals surface area contributed by atoms with Crippen LogP contribution in [0.5, 0.6) is 5.75 Å². The zero-order valence-corrected chi connectivity index (χ0v) is 17.2. The molecule has 9 nitrogen and oxygen atoms in total. The SMILES string of the molecule is CCOCc1nc2c(N)nc3cc(O)ccc3c2n1CC(C)(C)NS(C)(=O)=O. The lowest BCUT2D eigenvalue weighted by molar-refractivity contribution is 0.125. The van der Waals surface area contributed by atoms with Gasteiger partial charge in [0.2, 0.25) is 10.0 Å². The van der Waals surface area contributed by atoms with Crippen molar-refractivity contribution in [1.82, 2.24) is 19.3 Å². The summed E-state index contributed by atoms with van der Waals surface area (Å²) in [5, 5.41) is 10.6. The Morgan fingerprint density at radius 2 is 2.04 bits per heavy atom. The molecule has 0 radical (unpaired) electrons. The standard InChI is InChI=1S/C18H25N5O4S/c1-5-27-9-14-21-15-16(23(14)10-18(2,3)22-28(4,25)26)12-7-6-11(24)8-13(12)20-17(15)19/h6-8,22,24H,5,9-10H2,1-4H3,(H2,19,20). The number of hydrogen-bond acceptors (Lipinski definition) is 7. The first kappa shape index (κ1) is 20.3. The summed E-state index contributed by atoms with van der Waals surface area (Å²) in [6, 6.07) is 4.85. The van der Waals surface area contributed by atoms with Crippen molar-refractivity contribution in [3.63, 3.8) is 0 Å². The predicted molar refractivity (Wildman–Crippen MR) is 108 cm³/mol. The van der Waals surface area contributed by atoms with Gasteiger partial charge in [0.1, 0.15) is 23.7 Å². The van der Waals surface area contributed by atoms with Gasteiger partial charge in [-0.25, -0.2) is 23.1 Å². The molecule has 3 aromatic rings. The van der Waals surface area contributed by atoms with Crippen LogP contribution in [0.2, 0.25) is 0 Å². The van der Waals surface area contributed by atoms with Crippen LogP contribution in [0, 0.1) is 0 Å². The number of anilines is 1. The van der Waals surface area contributed by atoms with E-state index in [-0.39, 0.29) is 18.2 Å². The van der Waals surface area contributed by atoms with Crippen molar-refractivity contribution in [3.05, 3.63) is 24.0 Å². The number of benzene rings is 1. The number of nitrogens with zero attached hydrogens (tertiary/aromatic N) is 3. The van der Waals surface area contributed by atoms with Gasteiger partial charge >= 0.3 is 0 Å². The molecule has 1 aromatic carbocycles. The highest BCUT2D eigenvalue weighted by Crippen LogP contribution is 2.31. The molecule has 152 valence electrons. The lowest BCUT2D eigenvalue weighted by Crippen LogP contribution is -2.46. The second-order valence-electron chi connectivity index (χ2n) is 7.41. The van der Waals surface area contributed by atoms with E-state index in [9.17, 15) is 13.5 Å². The van der Waals surface area contributed by atoms with E-state index in [4.69, 9.17) is 10.5 Å². The molecule has 2 heterocycles. The van der Waals surface area contributed by atoms with Gasteiger partial charge in [0.15, 0.2) is 5.82 Å². The number of fused-ring (bicyclic) bond motifs is 3. The van der Waals surface area contributed by atoms with Crippen molar-refractivity contribution < 1.29 is 18.3 Å². The molecule has 0 unspecified atom stereocenters. The molecule has 0 aliphatic carbocycles. The van der Waals surface area contributed by atoms with Gasteiger partial charge in [-0.2, -0.15) is 0 Å². The number of imidazole rings is 1. The topological polar surface area (TPSA) is 132 Å². The van der Waals surface area contributed by atoms with Crippen LogP contribution >= 0.6 is 0 Å². The van der Waals surface area contributed by atoms with E-state index in [1.165, 1.54) is 6.07 Å². The third-order valence-corrected chi connectivity index (χ3v) is 5.14. The molecule has 0 aliphatic rings. The molecular weight excluding hydrogens is 382 g/mol. The van der Waals surface area contributed by atoms with Crippen molar-refractivity contribution >= 4 is 37.8 Å². The average Bonchev–Trinajstić information content (AvgIpc) is 2.89. The van der Waals surface area contributed by atoms with Gasteiger partial charge in [-0.15, -0.1) is 0 Å². The number of sulfonamides is 1. The first-order chi connectivity index (χ1) is 13.0. The van der Waals surface area contributed by atoms with Crippen molar-refractivity contribution in [2.45, 2.75) is 39.5 Å². The predicted octanol–water partition coefficient (Wildman–Crippen LogP) is 1.74. The number of aromatic nitrogens is 3.